The number of furan rings is 1. The van der Waals surface area contributed by atoms with Crippen molar-refractivity contribution in [1.82, 2.24) is 10.2 Å². The van der Waals surface area contributed by atoms with Crippen molar-refractivity contribution in [2.45, 2.75) is 20.4 Å². The maximum Gasteiger partial charge on any atom is 0.276 e. The van der Waals surface area contributed by atoms with Crippen LogP contribution in [0.2, 0.25) is 0 Å². The normalized spacial score (nSPS) is 15.6. The number of thiocarbonyl (C=S) groups is 1. The summed E-state index contributed by atoms with van der Waals surface area (Å²) in [5.41, 5.74) is 1.22. The lowest BCUT2D eigenvalue weighted by Crippen LogP contribution is -2.29. The highest BCUT2D eigenvalue weighted by molar-refractivity contribution is 7.80. The third-order valence-electron chi connectivity index (χ3n) is 3.93. The smallest absolute Gasteiger partial charge is 0.276 e. The van der Waals surface area contributed by atoms with Crippen LogP contribution in [0.25, 0.3) is 6.08 Å². The second-order valence-corrected chi connectivity index (χ2v) is 6.96. The summed E-state index contributed by atoms with van der Waals surface area (Å²) in [6.45, 7) is 5.02. The Balaban J connectivity index is 1.80. The number of amides is 1. The highest BCUT2D eigenvalue weighted by Crippen LogP contribution is 2.29. The molecule has 0 bridgehead atoms. The fourth-order valence-corrected chi connectivity index (χ4v) is 2.85. The molecule has 0 aliphatic carbocycles. The third-order valence-corrected chi connectivity index (χ3v) is 4.25. The third kappa shape index (κ3) is 4.49. The minimum atomic E-state index is -0.197. The van der Waals surface area contributed by atoms with Gasteiger partial charge >= 0.3 is 0 Å². The van der Waals surface area contributed by atoms with Gasteiger partial charge in [0.1, 0.15) is 11.5 Å². The van der Waals surface area contributed by atoms with E-state index in [0.717, 1.165) is 5.56 Å². The molecule has 1 aliphatic rings. The number of hydrogen-bond acceptors (Lipinski definition) is 5. The minimum absolute atomic E-state index is 0.197. The van der Waals surface area contributed by atoms with Crippen molar-refractivity contribution in [3.8, 4) is 11.5 Å². The Morgan fingerprint density at radius 1 is 1.30 bits per heavy atom. The molecule has 1 aromatic heterocycles. The van der Waals surface area contributed by atoms with Crippen LogP contribution in [-0.4, -0.2) is 29.6 Å². The number of hydrogen-bond donors (Lipinski definition) is 1. The fraction of sp³-hybridized carbons (Fsp3) is 0.300. The first kappa shape index (κ1) is 19.0. The first-order chi connectivity index (χ1) is 13.0. The number of carbonyl (C=O) groups excluding carboxylic acids is 1. The van der Waals surface area contributed by atoms with E-state index < -0.39 is 0 Å². The Hall–Kier alpha value is -2.80. The monoisotopic (exact) mass is 386 g/mol. The van der Waals surface area contributed by atoms with Crippen molar-refractivity contribution in [1.29, 1.82) is 0 Å². The predicted octanol–water partition coefficient (Wildman–Crippen LogP) is 3.58. The summed E-state index contributed by atoms with van der Waals surface area (Å²) in [5.74, 6) is 2.15. The average Bonchev–Trinajstić information content (AvgIpc) is 3.24. The zero-order valence-corrected chi connectivity index (χ0v) is 16.3. The van der Waals surface area contributed by atoms with Gasteiger partial charge in [0, 0.05) is 0 Å². The second-order valence-electron chi connectivity index (χ2n) is 6.57. The van der Waals surface area contributed by atoms with E-state index in [-0.39, 0.29) is 5.91 Å². The van der Waals surface area contributed by atoms with E-state index in [0.29, 0.717) is 47.1 Å². The summed E-state index contributed by atoms with van der Waals surface area (Å²) in [7, 11) is 1.60. The topological polar surface area (TPSA) is 63.9 Å². The van der Waals surface area contributed by atoms with Gasteiger partial charge in [-0.2, -0.15) is 0 Å². The van der Waals surface area contributed by atoms with Gasteiger partial charge in [-0.05, 0) is 54.0 Å². The molecule has 1 aromatic carbocycles. The molecule has 0 saturated carbocycles. The number of rotatable bonds is 7. The van der Waals surface area contributed by atoms with Crippen LogP contribution in [0, 0.1) is 5.92 Å². The average molecular weight is 386 g/mol. The zero-order valence-electron chi connectivity index (χ0n) is 15.5. The van der Waals surface area contributed by atoms with Crippen molar-refractivity contribution >= 4 is 29.3 Å². The number of nitrogens with one attached hydrogen (secondary N) is 1. The summed E-state index contributed by atoms with van der Waals surface area (Å²) in [4.78, 5) is 14.2. The first-order valence-electron chi connectivity index (χ1n) is 8.65. The number of methoxy groups -OCH3 is 1. The van der Waals surface area contributed by atoms with Crippen LogP contribution in [0.15, 0.2) is 46.7 Å². The van der Waals surface area contributed by atoms with Crippen LogP contribution < -0.4 is 14.8 Å². The Bertz CT molecular complexity index is 859. The van der Waals surface area contributed by atoms with E-state index in [4.69, 9.17) is 26.1 Å². The van der Waals surface area contributed by atoms with Gasteiger partial charge in [-0.15, -0.1) is 0 Å². The van der Waals surface area contributed by atoms with E-state index in [1.807, 2.05) is 18.2 Å². The Morgan fingerprint density at radius 2 is 2.11 bits per heavy atom. The molecule has 142 valence electrons. The van der Waals surface area contributed by atoms with Crippen LogP contribution >= 0.6 is 12.2 Å². The van der Waals surface area contributed by atoms with Gasteiger partial charge in [0.15, 0.2) is 16.6 Å². The van der Waals surface area contributed by atoms with Gasteiger partial charge in [-0.3, -0.25) is 9.69 Å². The van der Waals surface area contributed by atoms with E-state index in [1.165, 1.54) is 4.90 Å². The van der Waals surface area contributed by atoms with Crippen molar-refractivity contribution in [3.05, 3.63) is 53.6 Å². The summed E-state index contributed by atoms with van der Waals surface area (Å²) < 4.78 is 16.5. The predicted molar refractivity (Wildman–Crippen MR) is 106 cm³/mol. The van der Waals surface area contributed by atoms with Crippen LogP contribution in [0.3, 0.4) is 0 Å². The second kappa shape index (κ2) is 8.26. The Kier molecular flexibility index (Phi) is 5.81. The van der Waals surface area contributed by atoms with Crippen molar-refractivity contribution in [3.63, 3.8) is 0 Å². The summed E-state index contributed by atoms with van der Waals surface area (Å²) in [6, 6.07) is 9.11. The Labute approximate surface area is 163 Å². The molecule has 2 aromatic rings. The van der Waals surface area contributed by atoms with Gasteiger partial charge in [-0.25, -0.2) is 0 Å². The van der Waals surface area contributed by atoms with Crippen LogP contribution in [0.1, 0.15) is 25.2 Å². The molecule has 0 radical (unpaired) electrons. The standard InChI is InChI=1S/C20H22N2O4S/c1-13(2)12-26-18-10-14(6-7-17(18)24-3)9-16-19(23)22(20(27)21-16)11-15-5-4-8-25-15/h4-10,13H,11-12H2,1-3H3,(H,21,27)/b16-9-. The molecule has 1 N–H and O–H groups in total. The summed E-state index contributed by atoms with van der Waals surface area (Å²) >= 11 is 5.29. The molecule has 6 nitrogen and oxygen atoms in total. The molecular weight excluding hydrogens is 364 g/mol. The first-order valence-corrected chi connectivity index (χ1v) is 9.06. The van der Waals surface area contributed by atoms with E-state index in [1.54, 1.807) is 31.6 Å². The molecule has 3 rings (SSSR count). The molecule has 7 heteroatoms. The number of benzene rings is 1. The van der Waals surface area contributed by atoms with E-state index >= 15 is 0 Å². The molecule has 1 fully saturated rings. The number of carbonyl (C=O) groups is 1. The molecule has 0 unspecified atom stereocenters. The molecule has 1 saturated heterocycles. The van der Waals surface area contributed by atoms with Crippen molar-refractivity contribution in [2.75, 3.05) is 13.7 Å². The van der Waals surface area contributed by atoms with Gasteiger partial charge < -0.3 is 19.2 Å². The lowest BCUT2D eigenvalue weighted by Gasteiger charge is -2.13. The van der Waals surface area contributed by atoms with Crippen molar-refractivity contribution in [2.24, 2.45) is 5.92 Å². The fourth-order valence-electron chi connectivity index (χ4n) is 2.59. The highest BCUT2D eigenvalue weighted by Gasteiger charge is 2.31. The minimum Gasteiger partial charge on any atom is -0.493 e. The molecule has 27 heavy (non-hydrogen) atoms. The molecule has 0 atom stereocenters. The highest BCUT2D eigenvalue weighted by atomic mass is 32.1. The number of ether oxygens (including phenoxy) is 2. The molecule has 0 spiro atoms. The van der Waals surface area contributed by atoms with Gasteiger partial charge in [-0.1, -0.05) is 19.9 Å². The SMILES string of the molecule is COc1ccc(/C=C2\NC(=S)N(Cc3ccco3)C2=O)cc1OCC(C)C. The van der Waals surface area contributed by atoms with Gasteiger partial charge in [0.25, 0.3) is 5.91 Å². The van der Waals surface area contributed by atoms with Crippen molar-refractivity contribution < 1.29 is 18.7 Å². The molecular formula is C20H22N2O4S. The van der Waals surface area contributed by atoms with Crippen LogP contribution in [0.5, 0.6) is 11.5 Å². The molecule has 1 aliphatic heterocycles. The molecule has 1 amide bonds. The number of nitrogens with zero attached hydrogens (tertiary/aromatic N) is 1. The summed E-state index contributed by atoms with van der Waals surface area (Å²) in [5, 5.41) is 3.32. The van der Waals surface area contributed by atoms with E-state index in [2.05, 4.69) is 19.2 Å². The zero-order chi connectivity index (χ0) is 19.4. The van der Waals surface area contributed by atoms with Crippen LogP contribution in [0.4, 0.5) is 0 Å². The lowest BCUT2D eigenvalue weighted by molar-refractivity contribution is -0.122. The van der Waals surface area contributed by atoms with Crippen LogP contribution in [-0.2, 0) is 11.3 Å². The maximum absolute atomic E-state index is 12.7. The quantitative estimate of drug-likeness (QED) is 0.580. The largest absolute Gasteiger partial charge is 0.493 e. The van der Waals surface area contributed by atoms with Gasteiger partial charge in [0.05, 0.1) is 26.5 Å². The Morgan fingerprint density at radius 3 is 2.78 bits per heavy atom. The van der Waals surface area contributed by atoms with Gasteiger partial charge in [0.2, 0.25) is 0 Å². The molecule has 2 heterocycles. The van der Waals surface area contributed by atoms with E-state index in [9.17, 15) is 4.79 Å². The summed E-state index contributed by atoms with van der Waals surface area (Å²) in [6.07, 6.45) is 3.32. The maximum atomic E-state index is 12.7. The lowest BCUT2D eigenvalue weighted by atomic mass is 10.1.